The first-order chi connectivity index (χ1) is 7.90. The van der Waals surface area contributed by atoms with Gasteiger partial charge in [0.2, 0.25) is 5.95 Å². The van der Waals surface area contributed by atoms with Gasteiger partial charge in [-0.2, -0.15) is 0 Å². The van der Waals surface area contributed by atoms with Crippen molar-refractivity contribution >= 4 is 5.95 Å². The molecule has 2 rings (SSSR count). The Morgan fingerprint density at radius 3 is 3.06 bits per heavy atom. The lowest BCUT2D eigenvalue weighted by Crippen LogP contribution is -2.14. The van der Waals surface area contributed by atoms with Crippen LogP contribution in [0.4, 0.5) is 5.95 Å². The number of imidazole rings is 1. The lowest BCUT2D eigenvalue weighted by atomic mass is 10.1. The molecule has 16 heavy (non-hydrogen) atoms. The normalized spacial score (nSPS) is 16.8. The SMILES string of the molecule is COCCNc1nccn1CC1CCCC1. The fourth-order valence-electron chi connectivity index (χ4n) is 2.36. The van der Waals surface area contributed by atoms with Gasteiger partial charge in [-0.25, -0.2) is 4.98 Å². The summed E-state index contributed by atoms with van der Waals surface area (Å²) < 4.78 is 7.24. The van der Waals surface area contributed by atoms with E-state index in [-0.39, 0.29) is 0 Å². The van der Waals surface area contributed by atoms with Gasteiger partial charge in [0.05, 0.1) is 6.61 Å². The zero-order valence-electron chi connectivity index (χ0n) is 9.98. The Morgan fingerprint density at radius 2 is 2.31 bits per heavy atom. The Labute approximate surface area is 97.0 Å². The van der Waals surface area contributed by atoms with E-state index in [9.17, 15) is 0 Å². The van der Waals surface area contributed by atoms with E-state index in [1.54, 1.807) is 7.11 Å². The monoisotopic (exact) mass is 223 g/mol. The third kappa shape index (κ3) is 2.98. The van der Waals surface area contributed by atoms with E-state index in [4.69, 9.17) is 4.74 Å². The fourth-order valence-corrected chi connectivity index (χ4v) is 2.36. The van der Waals surface area contributed by atoms with Crippen LogP contribution in [-0.2, 0) is 11.3 Å². The number of nitrogens with zero attached hydrogens (tertiary/aromatic N) is 2. The highest BCUT2D eigenvalue weighted by Gasteiger charge is 2.16. The summed E-state index contributed by atoms with van der Waals surface area (Å²) in [4.78, 5) is 4.33. The Kier molecular flexibility index (Phi) is 4.22. The van der Waals surface area contributed by atoms with Crippen LogP contribution in [0.2, 0.25) is 0 Å². The first kappa shape index (κ1) is 11.5. The van der Waals surface area contributed by atoms with Gasteiger partial charge >= 0.3 is 0 Å². The summed E-state index contributed by atoms with van der Waals surface area (Å²) in [6, 6.07) is 0. The van der Waals surface area contributed by atoms with E-state index in [2.05, 4.69) is 21.1 Å². The number of rotatable bonds is 6. The Hall–Kier alpha value is -1.03. The zero-order chi connectivity index (χ0) is 11.2. The van der Waals surface area contributed by atoms with Gasteiger partial charge in [-0.3, -0.25) is 0 Å². The summed E-state index contributed by atoms with van der Waals surface area (Å²) >= 11 is 0. The van der Waals surface area contributed by atoms with Crippen LogP contribution in [0.3, 0.4) is 0 Å². The van der Waals surface area contributed by atoms with Crippen LogP contribution in [0, 0.1) is 5.92 Å². The van der Waals surface area contributed by atoms with Gasteiger partial charge in [0.1, 0.15) is 0 Å². The highest BCUT2D eigenvalue weighted by Crippen LogP contribution is 2.26. The van der Waals surface area contributed by atoms with Crippen molar-refractivity contribution in [2.24, 2.45) is 5.92 Å². The minimum absolute atomic E-state index is 0.719. The maximum atomic E-state index is 5.01. The van der Waals surface area contributed by atoms with Crippen LogP contribution < -0.4 is 5.32 Å². The van der Waals surface area contributed by atoms with E-state index in [1.807, 2.05) is 6.20 Å². The summed E-state index contributed by atoms with van der Waals surface area (Å²) in [6.45, 7) is 2.64. The van der Waals surface area contributed by atoms with E-state index in [0.717, 1.165) is 31.6 Å². The minimum Gasteiger partial charge on any atom is -0.383 e. The molecule has 1 aliphatic carbocycles. The highest BCUT2D eigenvalue weighted by molar-refractivity contribution is 5.25. The average Bonchev–Trinajstić information content (AvgIpc) is 2.92. The molecule has 0 radical (unpaired) electrons. The largest absolute Gasteiger partial charge is 0.383 e. The van der Waals surface area contributed by atoms with E-state index < -0.39 is 0 Å². The van der Waals surface area contributed by atoms with Crippen molar-refractivity contribution in [1.82, 2.24) is 9.55 Å². The number of ether oxygens (including phenoxy) is 1. The van der Waals surface area contributed by atoms with Gasteiger partial charge in [0.25, 0.3) is 0 Å². The summed E-state index contributed by atoms with van der Waals surface area (Å²) in [5, 5.41) is 3.29. The molecule has 0 saturated heterocycles. The maximum absolute atomic E-state index is 5.01. The zero-order valence-corrected chi connectivity index (χ0v) is 9.98. The van der Waals surface area contributed by atoms with Crippen LogP contribution in [0.5, 0.6) is 0 Å². The second-order valence-corrected chi connectivity index (χ2v) is 4.47. The van der Waals surface area contributed by atoms with Gasteiger partial charge < -0.3 is 14.6 Å². The molecule has 1 aliphatic rings. The third-order valence-electron chi connectivity index (χ3n) is 3.23. The summed E-state index contributed by atoms with van der Waals surface area (Å²) in [7, 11) is 1.71. The maximum Gasteiger partial charge on any atom is 0.202 e. The number of nitrogens with one attached hydrogen (secondary N) is 1. The quantitative estimate of drug-likeness (QED) is 0.751. The molecule has 1 N–H and O–H groups in total. The van der Waals surface area contributed by atoms with Crippen molar-refractivity contribution in [3.05, 3.63) is 12.4 Å². The Morgan fingerprint density at radius 1 is 1.50 bits per heavy atom. The molecule has 0 bridgehead atoms. The van der Waals surface area contributed by atoms with Crippen LogP contribution in [0.15, 0.2) is 12.4 Å². The summed E-state index contributed by atoms with van der Waals surface area (Å²) in [5.41, 5.74) is 0. The molecule has 1 fully saturated rings. The molecule has 1 aromatic heterocycles. The van der Waals surface area contributed by atoms with Crippen molar-refractivity contribution in [3.63, 3.8) is 0 Å². The average molecular weight is 223 g/mol. The van der Waals surface area contributed by atoms with Crippen LogP contribution in [0.1, 0.15) is 25.7 Å². The smallest absolute Gasteiger partial charge is 0.202 e. The number of anilines is 1. The van der Waals surface area contributed by atoms with Crippen molar-refractivity contribution in [2.45, 2.75) is 32.2 Å². The Balaban J connectivity index is 1.85. The van der Waals surface area contributed by atoms with Gasteiger partial charge in [-0.05, 0) is 18.8 Å². The second-order valence-electron chi connectivity index (χ2n) is 4.47. The first-order valence-corrected chi connectivity index (χ1v) is 6.14. The number of hydrogen-bond donors (Lipinski definition) is 1. The Bertz CT molecular complexity index is 305. The lowest BCUT2D eigenvalue weighted by Gasteiger charge is -2.13. The van der Waals surface area contributed by atoms with Gasteiger partial charge in [0.15, 0.2) is 0 Å². The molecule has 0 unspecified atom stereocenters. The van der Waals surface area contributed by atoms with E-state index in [0.29, 0.717) is 0 Å². The molecular formula is C12H21N3O. The third-order valence-corrected chi connectivity index (χ3v) is 3.23. The van der Waals surface area contributed by atoms with Gasteiger partial charge in [-0.15, -0.1) is 0 Å². The summed E-state index contributed by atoms with van der Waals surface area (Å²) in [5.74, 6) is 1.82. The van der Waals surface area contributed by atoms with E-state index in [1.165, 1.54) is 25.7 Å². The lowest BCUT2D eigenvalue weighted by molar-refractivity contribution is 0.210. The minimum atomic E-state index is 0.719. The first-order valence-electron chi connectivity index (χ1n) is 6.14. The number of aromatic nitrogens is 2. The van der Waals surface area contributed by atoms with Crippen LogP contribution in [0.25, 0.3) is 0 Å². The van der Waals surface area contributed by atoms with Crippen molar-refractivity contribution in [3.8, 4) is 0 Å². The molecule has 0 atom stereocenters. The van der Waals surface area contributed by atoms with Crippen molar-refractivity contribution < 1.29 is 4.74 Å². The predicted molar refractivity (Wildman–Crippen MR) is 64.6 cm³/mol. The molecule has 0 aliphatic heterocycles. The second kappa shape index (κ2) is 5.89. The summed E-state index contributed by atoms with van der Waals surface area (Å²) in [6.07, 6.45) is 9.46. The molecule has 1 aromatic rings. The molecule has 1 saturated carbocycles. The molecular weight excluding hydrogens is 202 g/mol. The highest BCUT2D eigenvalue weighted by atomic mass is 16.5. The molecule has 4 heteroatoms. The molecule has 0 aromatic carbocycles. The molecule has 0 spiro atoms. The fraction of sp³-hybridized carbons (Fsp3) is 0.750. The van der Waals surface area contributed by atoms with E-state index >= 15 is 0 Å². The molecule has 0 amide bonds. The van der Waals surface area contributed by atoms with Crippen molar-refractivity contribution in [1.29, 1.82) is 0 Å². The topological polar surface area (TPSA) is 39.1 Å². The van der Waals surface area contributed by atoms with Crippen molar-refractivity contribution in [2.75, 3.05) is 25.6 Å². The van der Waals surface area contributed by atoms with Gasteiger partial charge in [-0.1, -0.05) is 12.8 Å². The van der Waals surface area contributed by atoms with Crippen LogP contribution in [-0.4, -0.2) is 29.8 Å². The predicted octanol–water partition coefficient (Wildman–Crippen LogP) is 2.13. The standard InChI is InChI=1S/C12H21N3O/c1-16-9-7-14-12-13-6-8-15(12)10-11-4-2-3-5-11/h6,8,11H,2-5,7,9-10H2,1H3,(H,13,14). The number of methoxy groups -OCH3 is 1. The number of hydrogen-bond acceptors (Lipinski definition) is 3. The molecule has 1 heterocycles. The van der Waals surface area contributed by atoms with Gasteiger partial charge in [0, 0.05) is 32.6 Å². The van der Waals surface area contributed by atoms with Crippen LogP contribution >= 0.6 is 0 Å². The molecule has 90 valence electrons. The molecule has 4 nitrogen and oxygen atoms in total.